The van der Waals surface area contributed by atoms with Crippen molar-refractivity contribution in [2.45, 2.75) is 0 Å². The zero-order valence-corrected chi connectivity index (χ0v) is 15.2. The molecule has 134 valence electrons. The van der Waals surface area contributed by atoms with E-state index in [9.17, 15) is 4.79 Å². The number of nitrogens with zero attached hydrogens (tertiary/aromatic N) is 2. The van der Waals surface area contributed by atoms with E-state index in [-0.39, 0.29) is 0 Å². The Hall–Kier alpha value is -3.45. The fourth-order valence-corrected chi connectivity index (χ4v) is 3.46. The Morgan fingerprint density at radius 3 is 2.67 bits per heavy atom. The molecule has 2 aromatic carbocycles. The largest absolute Gasteiger partial charge is 0.497 e. The number of nitrogens with one attached hydrogen (secondary N) is 1. The molecule has 27 heavy (non-hydrogen) atoms. The molecule has 0 aliphatic heterocycles. The summed E-state index contributed by atoms with van der Waals surface area (Å²) >= 11 is 1.55. The Bertz CT molecular complexity index is 1060. The van der Waals surface area contributed by atoms with Crippen LogP contribution in [0.15, 0.2) is 67.0 Å². The predicted molar refractivity (Wildman–Crippen MR) is 105 cm³/mol. The van der Waals surface area contributed by atoms with Gasteiger partial charge in [-0.2, -0.15) is 0 Å². The Balaban J connectivity index is 1.49. The van der Waals surface area contributed by atoms with Gasteiger partial charge in [0, 0.05) is 23.6 Å². The fourth-order valence-electron chi connectivity index (χ4n) is 2.53. The summed E-state index contributed by atoms with van der Waals surface area (Å²) in [5.41, 5.74) is 2.45. The van der Waals surface area contributed by atoms with Crippen molar-refractivity contribution in [2.75, 3.05) is 12.4 Å². The molecule has 6 nitrogen and oxygen atoms in total. The number of hydrogen-bond acceptors (Lipinski definition) is 6. The molecule has 2 aromatic heterocycles. The Morgan fingerprint density at radius 1 is 1.07 bits per heavy atom. The maximum absolute atomic E-state index is 12.1. The number of anilines is 1. The number of hydrogen-bond donors (Lipinski definition) is 1. The molecule has 2 heterocycles. The summed E-state index contributed by atoms with van der Waals surface area (Å²) in [6, 6.07) is 16.1. The molecule has 4 aromatic rings. The minimum Gasteiger partial charge on any atom is -0.497 e. The van der Waals surface area contributed by atoms with E-state index >= 15 is 0 Å². The van der Waals surface area contributed by atoms with Gasteiger partial charge in [-0.25, -0.2) is 9.78 Å². The van der Waals surface area contributed by atoms with Crippen LogP contribution in [0.25, 0.3) is 20.8 Å². The van der Waals surface area contributed by atoms with Gasteiger partial charge in [-0.3, -0.25) is 10.3 Å². The average molecular weight is 377 g/mol. The van der Waals surface area contributed by atoms with E-state index in [0.29, 0.717) is 17.2 Å². The van der Waals surface area contributed by atoms with E-state index in [1.54, 1.807) is 61.2 Å². The van der Waals surface area contributed by atoms with Crippen molar-refractivity contribution in [1.29, 1.82) is 0 Å². The summed E-state index contributed by atoms with van der Waals surface area (Å²) in [6.45, 7) is 0. The first kappa shape index (κ1) is 17.0. The molecule has 0 bridgehead atoms. The molecule has 7 heteroatoms. The second kappa shape index (κ2) is 7.43. The lowest BCUT2D eigenvalue weighted by Gasteiger charge is -2.08. The smallest absolute Gasteiger partial charge is 0.417 e. The summed E-state index contributed by atoms with van der Waals surface area (Å²) in [7, 11) is 1.58. The van der Waals surface area contributed by atoms with Crippen LogP contribution in [0.3, 0.4) is 0 Å². The van der Waals surface area contributed by atoms with E-state index in [2.05, 4.69) is 15.3 Å². The lowest BCUT2D eigenvalue weighted by molar-refractivity contribution is 0.215. The SMILES string of the molecule is COc1ccc(OC(=O)Nc2cccc(-c3nc4ccncc4s3)c2)cc1. The van der Waals surface area contributed by atoms with Crippen LogP contribution in [-0.4, -0.2) is 23.2 Å². The third-order valence-electron chi connectivity index (χ3n) is 3.82. The minimum absolute atomic E-state index is 0.433. The number of carbonyl (C=O) groups is 1. The molecule has 0 aliphatic carbocycles. The number of methoxy groups -OCH3 is 1. The summed E-state index contributed by atoms with van der Waals surface area (Å²) in [4.78, 5) is 20.9. The highest BCUT2D eigenvalue weighted by molar-refractivity contribution is 7.21. The van der Waals surface area contributed by atoms with Gasteiger partial charge in [0.15, 0.2) is 0 Å². The van der Waals surface area contributed by atoms with Crippen LogP contribution in [0.2, 0.25) is 0 Å². The van der Waals surface area contributed by atoms with Gasteiger partial charge in [0.1, 0.15) is 16.5 Å². The summed E-state index contributed by atoms with van der Waals surface area (Å²) in [5, 5.41) is 3.60. The third kappa shape index (κ3) is 3.88. The molecular formula is C20H15N3O3S. The fraction of sp³-hybridized carbons (Fsp3) is 0.0500. The van der Waals surface area contributed by atoms with Crippen LogP contribution in [0.4, 0.5) is 10.5 Å². The number of fused-ring (bicyclic) bond motifs is 1. The second-order valence-corrected chi connectivity index (χ2v) is 6.66. The average Bonchev–Trinajstić information content (AvgIpc) is 3.13. The summed E-state index contributed by atoms with van der Waals surface area (Å²) in [5.74, 6) is 1.13. The number of benzene rings is 2. The van der Waals surface area contributed by atoms with Crippen LogP contribution < -0.4 is 14.8 Å². The first-order chi connectivity index (χ1) is 13.2. The quantitative estimate of drug-likeness (QED) is 0.543. The van der Waals surface area contributed by atoms with Crippen LogP contribution >= 0.6 is 11.3 Å². The molecule has 0 saturated heterocycles. The van der Waals surface area contributed by atoms with E-state index in [4.69, 9.17) is 9.47 Å². The number of ether oxygens (including phenoxy) is 2. The van der Waals surface area contributed by atoms with Crippen molar-refractivity contribution >= 4 is 33.3 Å². The normalized spacial score (nSPS) is 10.6. The van der Waals surface area contributed by atoms with E-state index in [0.717, 1.165) is 20.8 Å². The lowest BCUT2D eigenvalue weighted by Crippen LogP contribution is -2.16. The molecule has 0 atom stereocenters. The number of carbonyl (C=O) groups excluding carboxylic acids is 1. The summed E-state index contributed by atoms with van der Waals surface area (Å²) < 4.78 is 11.4. The van der Waals surface area contributed by atoms with Gasteiger partial charge in [-0.15, -0.1) is 11.3 Å². The van der Waals surface area contributed by atoms with E-state index in [1.165, 1.54) is 0 Å². The summed E-state index contributed by atoms with van der Waals surface area (Å²) in [6.07, 6.45) is 2.95. The zero-order valence-electron chi connectivity index (χ0n) is 14.4. The first-order valence-electron chi connectivity index (χ1n) is 8.15. The highest BCUT2D eigenvalue weighted by Gasteiger charge is 2.09. The van der Waals surface area contributed by atoms with Crippen molar-refractivity contribution in [2.24, 2.45) is 0 Å². The van der Waals surface area contributed by atoms with Crippen molar-refractivity contribution in [3.8, 4) is 22.1 Å². The van der Waals surface area contributed by atoms with Gasteiger partial charge in [0.05, 0.1) is 17.3 Å². The van der Waals surface area contributed by atoms with Crippen molar-refractivity contribution in [1.82, 2.24) is 9.97 Å². The third-order valence-corrected chi connectivity index (χ3v) is 4.87. The molecule has 1 amide bonds. The molecule has 0 fully saturated rings. The zero-order chi connectivity index (χ0) is 18.6. The molecule has 0 saturated carbocycles. The van der Waals surface area contributed by atoms with Gasteiger partial charge in [0.25, 0.3) is 0 Å². The predicted octanol–water partition coefficient (Wildman–Crippen LogP) is 4.98. The van der Waals surface area contributed by atoms with Gasteiger partial charge >= 0.3 is 6.09 Å². The number of aromatic nitrogens is 2. The van der Waals surface area contributed by atoms with E-state index < -0.39 is 6.09 Å². The monoisotopic (exact) mass is 377 g/mol. The van der Waals surface area contributed by atoms with Gasteiger partial charge in [0.2, 0.25) is 0 Å². The maximum Gasteiger partial charge on any atom is 0.417 e. The van der Waals surface area contributed by atoms with Crippen LogP contribution in [-0.2, 0) is 0 Å². The highest BCUT2D eigenvalue weighted by atomic mass is 32.1. The number of pyridine rings is 1. The van der Waals surface area contributed by atoms with Crippen molar-refractivity contribution in [3.05, 3.63) is 67.0 Å². The van der Waals surface area contributed by atoms with Gasteiger partial charge in [-0.05, 0) is 42.5 Å². The van der Waals surface area contributed by atoms with Crippen LogP contribution in [0, 0.1) is 0 Å². The topological polar surface area (TPSA) is 73.3 Å². The van der Waals surface area contributed by atoms with Crippen molar-refractivity contribution in [3.63, 3.8) is 0 Å². The van der Waals surface area contributed by atoms with E-state index in [1.807, 2.05) is 24.3 Å². The molecule has 0 unspecified atom stereocenters. The highest BCUT2D eigenvalue weighted by Crippen LogP contribution is 2.30. The van der Waals surface area contributed by atoms with Crippen LogP contribution in [0.1, 0.15) is 0 Å². The minimum atomic E-state index is -0.564. The maximum atomic E-state index is 12.1. The number of rotatable bonds is 4. The van der Waals surface area contributed by atoms with Gasteiger partial charge in [-0.1, -0.05) is 12.1 Å². The Labute approximate surface area is 159 Å². The van der Waals surface area contributed by atoms with Gasteiger partial charge < -0.3 is 9.47 Å². The Kier molecular flexibility index (Phi) is 4.67. The van der Waals surface area contributed by atoms with Crippen LogP contribution in [0.5, 0.6) is 11.5 Å². The Morgan fingerprint density at radius 2 is 1.89 bits per heavy atom. The number of amides is 1. The lowest BCUT2D eigenvalue weighted by atomic mass is 10.2. The molecule has 4 rings (SSSR count). The standard InChI is InChI=1S/C20H15N3O3S/c1-25-15-5-7-16(8-6-15)26-20(24)22-14-4-2-3-13(11-14)19-23-17-9-10-21-12-18(17)27-19/h2-12H,1H3,(H,22,24). The van der Waals surface area contributed by atoms with Crippen molar-refractivity contribution < 1.29 is 14.3 Å². The molecule has 1 N–H and O–H groups in total. The molecule has 0 radical (unpaired) electrons. The molecule has 0 aliphatic rings. The second-order valence-electron chi connectivity index (χ2n) is 5.63. The molecule has 0 spiro atoms. The number of thiazole rings is 1. The first-order valence-corrected chi connectivity index (χ1v) is 8.97. The molecular weight excluding hydrogens is 362 g/mol.